The maximum atomic E-state index is 10.9. The monoisotopic (exact) mass is 397 g/mol. The van der Waals surface area contributed by atoms with Gasteiger partial charge >= 0.3 is 5.82 Å². The predicted molar refractivity (Wildman–Crippen MR) is 96.4 cm³/mol. The number of nitrogens with one attached hydrogen (secondary N) is 1. The molecule has 0 bridgehead atoms. The number of hydrazone groups is 1. The van der Waals surface area contributed by atoms with Crippen LogP contribution in [0.15, 0.2) is 29.5 Å². The summed E-state index contributed by atoms with van der Waals surface area (Å²) in [5.41, 5.74) is 3.37. The maximum Gasteiger partial charge on any atom is 0.342 e. The van der Waals surface area contributed by atoms with Crippen LogP contribution in [0.2, 0.25) is 10.0 Å². The van der Waals surface area contributed by atoms with E-state index in [1.807, 2.05) is 0 Å². The molecule has 1 N–H and O–H groups in total. The summed E-state index contributed by atoms with van der Waals surface area (Å²) in [4.78, 5) is 14.3. The van der Waals surface area contributed by atoms with Crippen LogP contribution in [0, 0.1) is 10.1 Å². The lowest BCUT2D eigenvalue weighted by molar-refractivity contribution is -0.391. The molecule has 0 amide bonds. The summed E-state index contributed by atoms with van der Waals surface area (Å²) < 4.78 is 1.33. The van der Waals surface area contributed by atoms with Gasteiger partial charge in [-0.05, 0) is 11.0 Å². The molecule has 25 heavy (non-hydrogen) atoms. The van der Waals surface area contributed by atoms with Crippen molar-refractivity contribution in [1.82, 2.24) is 19.7 Å². The molecule has 12 heteroatoms. The second-order valence-electron chi connectivity index (χ2n) is 4.68. The van der Waals surface area contributed by atoms with Crippen LogP contribution in [0.5, 0.6) is 0 Å². The minimum Gasteiger partial charge on any atom is -0.358 e. The Hall–Kier alpha value is -2.56. The number of hydrogen-bond acceptors (Lipinski definition) is 8. The highest BCUT2D eigenvalue weighted by Gasteiger charge is 2.21. The number of anilines is 1. The number of nitrogens with zero attached hydrogens (tertiary/aromatic N) is 6. The molecular weight excluding hydrogens is 389 g/mol. The smallest absolute Gasteiger partial charge is 0.342 e. The predicted octanol–water partition coefficient (Wildman–Crippen LogP) is 3.60. The molecule has 0 atom stereocenters. The molecule has 0 aliphatic carbocycles. The van der Waals surface area contributed by atoms with Crippen LogP contribution in [-0.2, 0) is 7.05 Å². The van der Waals surface area contributed by atoms with Crippen molar-refractivity contribution in [2.75, 3.05) is 5.43 Å². The summed E-state index contributed by atoms with van der Waals surface area (Å²) in [7, 11) is 1.54. The Morgan fingerprint density at radius 2 is 2.20 bits per heavy atom. The van der Waals surface area contributed by atoms with Crippen LogP contribution >= 0.6 is 34.5 Å². The number of rotatable bonds is 5. The first-order chi connectivity index (χ1) is 12.0. The van der Waals surface area contributed by atoms with Crippen molar-refractivity contribution in [3.63, 3.8) is 0 Å². The Bertz CT molecular complexity index is 969. The Balaban J connectivity index is 1.75. The largest absolute Gasteiger partial charge is 0.358 e. The van der Waals surface area contributed by atoms with Crippen LogP contribution in [0.4, 0.5) is 10.9 Å². The first kappa shape index (κ1) is 17.3. The normalized spacial score (nSPS) is 11.2. The number of aromatic nitrogens is 4. The fourth-order valence-corrected chi connectivity index (χ4v) is 2.99. The van der Waals surface area contributed by atoms with E-state index in [9.17, 15) is 10.1 Å². The van der Waals surface area contributed by atoms with Gasteiger partial charge in [-0.1, -0.05) is 46.7 Å². The lowest BCUT2D eigenvalue weighted by atomic mass is 10.2. The van der Waals surface area contributed by atoms with E-state index in [0.29, 0.717) is 31.6 Å². The Kier molecular flexibility index (Phi) is 4.93. The number of nitro groups is 1. The molecule has 2 aromatic heterocycles. The summed E-state index contributed by atoms with van der Waals surface area (Å²) in [6.07, 6.45) is 2.67. The molecule has 3 aromatic rings. The van der Waals surface area contributed by atoms with Crippen molar-refractivity contribution < 1.29 is 4.92 Å². The van der Waals surface area contributed by atoms with Crippen molar-refractivity contribution in [2.45, 2.75) is 0 Å². The summed E-state index contributed by atoms with van der Waals surface area (Å²) in [6.45, 7) is 0. The van der Waals surface area contributed by atoms with Gasteiger partial charge in [0.2, 0.25) is 10.1 Å². The van der Waals surface area contributed by atoms with Crippen LogP contribution < -0.4 is 5.43 Å². The van der Waals surface area contributed by atoms with Crippen LogP contribution in [0.25, 0.3) is 10.8 Å². The van der Waals surface area contributed by atoms with Crippen molar-refractivity contribution in [3.8, 4) is 10.8 Å². The number of benzene rings is 1. The first-order valence-corrected chi connectivity index (χ1v) is 8.27. The van der Waals surface area contributed by atoms with Gasteiger partial charge in [0.25, 0.3) is 5.82 Å². The van der Waals surface area contributed by atoms with Crippen LogP contribution in [-0.4, -0.2) is 30.9 Å². The molecule has 0 saturated carbocycles. The molecule has 0 unspecified atom stereocenters. The molecule has 0 aliphatic rings. The summed E-state index contributed by atoms with van der Waals surface area (Å²) in [6, 6.07) is 5.20. The van der Waals surface area contributed by atoms with E-state index in [2.05, 4.69) is 25.7 Å². The molecule has 9 nitrogen and oxygen atoms in total. The molecule has 0 radical (unpaired) electrons. The van der Waals surface area contributed by atoms with E-state index in [4.69, 9.17) is 23.2 Å². The van der Waals surface area contributed by atoms with Gasteiger partial charge in [-0.15, -0.1) is 10.2 Å². The van der Waals surface area contributed by atoms with Crippen molar-refractivity contribution in [1.29, 1.82) is 0 Å². The minimum absolute atomic E-state index is 0.131. The van der Waals surface area contributed by atoms with Crippen molar-refractivity contribution in [2.24, 2.45) is 12.1 Å². The molecule has 2 heterocycles. The third-order valence-corrected chi connectivity index (χ3v) is 4.77. The average Bonchev–Trinajstić information content (AvgIpc) is 3.18. The van der Waals surface area contributed by atoms with Gasteiger partial charge in [0.1, 0.15) is 6.20 Å². The fourth-order valence-electron chi connectivity index (χ4n) is 1.90. The second-order valence-corrected chi connectivity index (χ2v) is 6.44. The van der Waals surface area contributed by atoms with Crippen molar-refractivity contribution >= 4 is 51.7 Å². The fraction of sp³-hybridized carbons (Fsp3) is 0.0769. The molecule has 128 valence electrons. The number of hydrogen-bond donors (Lipinski definition) is 1. The Morgan fingerprint density at radius 1 is 1.40 bits per heavy atom. The van der Waals surface area contributed by atoms with E-state index in [1.165, 1.54) is 24.0 Å². The SMILES string of the molecule is Cn1c([N+](=O)[O-])cnc1-c1nnc(N/N=C/c2cccc(Cl)c2Cl)s1. The van der Waals surface area contributed by atoms with Crippen LogP contribution in [0.3, 0.4) is 0 Å². The summed E-state index contributed by atoms with van der Waals surface area (Å²) >= 11 is 13.1. The molecule has 0 aliphatic heterocycles. The lowest BCUT2D eigenvalue weighted by Crippen LogP contribution is -1.98. The third kappa shape index (κ3) is 3.60. The van der Waals surface area contributed by atoms with Gasteiger partial charge in [-0.3, -0.25) is 5.43 Å². The Morgan fingerprint density at radius 3 is 2.92 bits per heavy atom. The van der Waals surface area contributed by atoms with Gasteiger partial charge in [-0.25, -0.2) is 9.55 Å². The van der Waals surface area contributed by atoms with Gasteiger partial charge in [0.15, 0.2) is 0 Å². The Labute approximate surface area is 155 Å². The van der Waals surface area contributed by atoms with Gasteiger partial charge in [0.05, 0.1) is 23.3 Å². The van der Waals surface area contributed by atoms with Gasteiger partial charge < -0.3 is 10.1 Å². The topological polar surface area (TPSA) is 111 Å². The van der Waals surface area contributed by atoms with Crippen molar-refractivity contribution in [3.05, 3.63) is 50.1 Å². The molecule has 0 fully saturated rings. The summed E-state index contributed by atoms with van der Waals surface area (Å²) in [5, 5.41) is 24.4. The molecule has 3 rings (SSSR count). The quantitative estimate of drug-likeness (QED) is 0.399. The van der Waals surface area contributed by atoms with E-state index in [0.717, 1.165) is 11.3 Å². The van der Waals surface area contributed by atoms with Crippen LogP contribution in [0.1, 0.15) is 5.56 Å². The molecule has 0 spiro atoms. The second kappa shape index (κ2) is 7.13. The lowest BCUT2D eigenvalue weighted by Gasteiger charge is -1.99. The third-order valence-electron chi connectivity index (χ3n) is 3.11. The average molecular weight is 398 g/mol. The highest BCUT2D eigenvalue weighted by molar-refractivity contribution is 7.18. The van der Waals surface area contributed by atoms with E-state index >= 15 is 0 Å². The van der Waals surface area contributed by atoms with E-state index in [-0.39, 0.29) is 5.82 Å². The maximum absolute atomic E-state index is 10.9. The first-order valence-electron chi connectivity index (χ1n) is 6.70. The highest BCUT2D eigenvalue weighted by atomic mass is 35.5. The molecule has 0 saturated heterocycles. The number of halogens is 2. The van der Waals surface area contributed by atoms with Gasteiger partial charge in [-0.2, -0.15) is 5.10 Å². The van der Waals surface area contributed by atoms with E-state index in [1.54, 1.807) is 18.2 Å². The molecular formula is C13H9Cl2N7O2S. The van der Waals surface area contributed by atoms with E-state index < -0.39 is 4.92 Å². The zero-order valence-electron chi connectivity index (χ0n) is 12.6. The minimum atomic E-state index is -0.518. The molecule has 1 aromatic carbocycles. The number of imidazole rings is 1. The zero-order chi connectivity index (χ0) is 18.0. The standard InChI is InChI=1S/C13H9Cl2N7O2S/c1-21-9(22(23)24)6-16-11(21)12-18-20-13(25-12)19-17-5-7-3-2-4-8(14)10(7)15/h2-6H,1H3,(H,19,20)/b17-5+. The summed E-state index contributed by atoms with van der Waals surface area (Å²) in [5.74, 6) is 0.215. The zero-order valence-corrected chi connectivity index (χ0v) is 14.9. The van der Waals surface area contributed by atoms with Gasteiger partial charge in [0, 0.05) is 5.56 Å². The highest BCUT2D eigenvalue weighted by Crippen LogP contribution is 2.28.